The number of rotatable bonds is 10. The van der Waals surface area contributed by atoms with Gasteiger partial charge in [-0.05, 0) is 60.9 Å². The molecule has 1 saturated carbocycles. The van der Waals surface area contributed by atoms with Crippen LogP contribution in [0, 0.1) is 5.92 Å². The molecule has 0 unspecified atom stereocenters. The molecule has 0 bridgehead atoms. The molecule has 2 heterocycles. The molecule has 1 aliphatic rings. The number of hydrogen-bond acceptors (Lipinski definition) is 6. The summed E-state index contributed by atoms with van der Waals surface area (Å²) in [5, 5.41) is 7.60. The Morgan fingerprint density at radius 3 is 2.28 bits per heavy atom. The number of H-pyrrole nitrogens is 1. The van der Waals surface area contributed by atoms with Crippen molar-refractivity contribution in [3.05, 3.63) is 70.8 Å². The van der Waals surface area contributed by atoms with Crippen LogP contribution in [-0.2, 0) is 23.7 Å². The fourth-order valence-electron chi connectivity index (χ4n) is 5.04. The fourth-order valence-corrected chi connectivity index (χ4v) is 5.04. The Morgan fingerprint density at radius 1 is 0.936 bits per heavy atom. The molecule has 250 valence electrons. The molecule has 0 saturated heterocycles. The van der Waals surface area contributed by atoms with Gasteiger partial charge < -0.3 is 25.7 Å². The number of fused-ring (bicyclic) bond motifs is 1. The zero-order valence-electron chi connectivity index (χ0n) is 24.2. The van der Waals surface area contributed by atoms with E-state index in [2.05, 4.69) is 30.9 Å². The van der Waals surface area contributed by atoms with Crippen LogP contribution in [0.15, 0.2) is 48.5 Å². The Bertz CT molecular complexity index is 1750. The predicted octanol–water partition coefficient (Wildman–Crippen LogP) is 7.44. The number of pyridine rings is 1. The van der Waals surface area contributed by atoms with Crippen LogP contribution >= 0.6 is 0 Å². The Kier molecular flexibility index (Phi) is 9.53. The molecule has 0 spiro atoms. The number of hydrogen-bond donors (Lipinski definition) is 4. The van der Waals surface area contributed by atoms with Crippen LogP contribution in [0.1, 0.15) is 52.7 Å². The lowest BCUT2D eigenvalue weighted by Gasteiger charge is -2.16. The molecule has 4 aromatic rings. The summed E-state index contributed by atoms with van der Waals surface area (Å²) < 4.78 is 111. The van der Waals surface area contributed by atoms with Gasteiger partial charge in [-0.1, -0.05) is 18.9 Å². The number of benzene rings is 2. The second kappa shape index (κ2) is 13.4. The van der Waals surface area contributed by atoms with Gasteiger partial charge in [-0.2, -0.15) is 36.3 Å². The number of aromatic amines is 1. The van der Waals surface area contributed by atoms with Crippen LogP contribution < -0.4 is 20.7 Å². The van der Waals surface area contributed by atoms with Gasteiger partial charge in [0.1, 0.15) is 5.56 Å². The molecule has 2 amide bonds. The Balaban J connectivity index is 1.41. The molecule has 0 atom stereocenters. The molecule has 2 aromatic carbocycles. The van der Waals surface area contributed by atoms with Crippen LogP contribution in [-0.4, -0.2) is 39.8 Å². The summed E-state index contributed by atoms with van der Waals surface area (Å²) in [6, 6.07) is 7.79. The summed E-state index contributed by atoms with van der Waals surface area (Å²) in [6.45, 7) is -1.19. The number of alkyl halides is 8. The van der Waals surface area contributed by atoms with Crippen LogP contribution in [0.3, 0.4) is 0 Å². The number of amides is 2. The van der Waals surface area contributed by atoms with Gasteiger partial charge in [-0.15, -0.1) is 0 Å². The minimum Gasteiger partial charge on any atom is -0.471 e. The third-order valence-corrected chi connectivity index (χ3v) is 7.33. The predicted molar refractivity (Wildman–Crippen MR) is 153 cm³/mol. The number of aromatic nitrogens is 3. The van der Waals surface area contributed by atoms with Gasteiger partial charge in [0.15, 0.2) is 12.3 Å². The number of carbonyl (C=O) groups excluding carboxylic acids is 2. The molecule has 17 heteroatoms. The lowest BCUT2D eigenvalue weighted by atomic mass is 10.1. The smallest absolute Gasteiger partial charge is 0.418 e. The van der Waals surface area contributed by atoms with Crippen LogP contribution in [0.2, 0.25) is 0 Å². The first-order valence-electron chi connectivity index (χ1n) is 14.2. The second-order valence-corrected chi connectivity index (χ2v) is 10.7. The quantitative estimate of drug-likeness (QED) is 0.130. The molecule has 0 aliphatic heterocycles. The van der Waals surface area contributed by atoms with Crippen molar-refractivity contribution in [1.82, 2.24) is 20.3 Å². The highest BCUT2D eigenvalue weighted by atomic mass is 19.4. The standard InChI is InChI=1S/C30H26F8N6O3/c31-23(32)14-47-27-19(26(46)40-18-8-6-17(7-9-18)29(33,34)35)12-22-24(43-27)44-28(42-22)41-21-11-15(5-10-20(21)30(36,37)38)13-39-25(45)16-3-1-2-4-16/h5-12,16,23H,1-4,13-14H2,(H,39,45)(H,40,46)(H2,41,42,43,44). The van der Waals surface area contributed by atoms with Gasteiger partial charge in [-0.25, -0.2) is 8.78 Å². The monoisotopic (exact) mass is 670 g/mol. The fraction of sp³-hybridized carbons (Fsp3) is 0.333. The minimum absolute atomic E-state index is 0.0111. The number of anilines is 3. The van der Waals surface area contributed by atoms with E-state index < -0.39 is 59.5 Å². The first kappa shape index (κ1) is 33.4. The lowest BCUT2D eigenvalue weighted by molar-refractivity contribution is -0.138. The summed E-state index contributed by atoms with van der Waals surface area (Å²) >= 11 is 0. The highest BCUT2D eigenvalue weighted by molar-refractivity contribution is 6.07. The SMILES string of the molecule is O=C(Nc1ccc(C(F)(F)F)cc1)c1cc2[nH]c(Nc3cc(CNC(=O)C4CCCC4)ccc3C(F)(F)F)nc2nc1OCC(F)F. The average Bonchev–Trinajstić information content (AvgIpc) is 3.67. The molecule has 2 aromatic heterocycles. The van der Waals surface area contributed by atoms with Gasteiger partial charge in [0.25, 0.3) is 12.3 Å². The molecular formula is C30H26F8N6O3. The van der Waals surface area contributed by atoms with Gasteiger partial charge >= 0.3 is 12.4 Å². The van der Waals surface area contributed by atoms with Crippen molar-refractivity contribution < 1.29 is 49.4 Å². The number of nitrogens with zero attached hydrogens (tertiary/aromatic N) is 2. The van der Waals surface area contributed by atoms with E-state index in [0.29, 0.717) is 5.56 Å². The van der Waals surface area contributed by atoms with E-state index in [1.54, 1.807) is 0 Å². The van der Waals surface area contributed by atoms with Gasteiger partial charge in [0.2, 0.25) is 17.7 Å². The van der Waals surface area contributed by atoms with Gasteiger partial charge in [0.05, 0.1) is 22.3 Å². The molecule has 47 heavy (non-hydrogen) atoms. The minimum atomic E-state index is -4.78. The highest BCUT2D eigenvalue weighted by Gasteiger charge is 2.34. The second-order valence-electron chi connectivity index (χ2n) is 10.7. The largest absolute Gasteiger partial charge is 0.471 e. The van der Waals surface area contributed by atoms with Gasteiger partial charge in [0, 0.05) is 18.2 Å². The Labute approximate surface area is 261 Å². The van der Waals surface area contributed by atoms with Crippen LogP contribution in [0.25, 0.3) is 11.2 Å². The molecular weight excluding hydrogens is 644 g/mol. The number of carbonyl (C=O) groups is 2. The van der Waals surface area contributed by atoms with E-state index >= 15 is 0 Å². The van der Waals surface area contributed by atoms with Crippen molar-refractivity contribution >= 4 is 40.3 Å². The van der Waals surface area contributed by atoms with Crippen molar-refractivity contribution in [2.45, 2.75) is 51.0 Å². The summed E-state index contributed by atoms with van der Waals surface area (Å²) in [6.07, 6.45) is -9.00. The maximum absolute atomic E-state index is 13.9. The maximum atomic E-state index is 13.9. The van der Waals surface area contributed by atoms with E-state index in [1.807, 2.05) is 0 Å². The molecule has 1 aliphatic carbocycles. The number of halogens is 8. The van der Waals surface area contributed by atoms with Crippen LogP contribution in [0.5, 0.6) is 5.88 Å². The van der Waals surface area contributed by atoms with Crippen molar-refractivity contribution in [3.63, 3.8) is 0 Å². The first-order chi connectivity index (χ1) is 22.2. The number of ether oxygens (including phenoxy) is 1. The lowest BCUT2D eigenvalue weighted by Crippen LogP contribution is -2.28. The number of imidazole rings is 1. The van der Waals surface area contributed by atoms with E-state index in [0.717, 1.165) is 62.1 Å². The Hall–Kier alpha value is -4.96. The van der Waals surface area contributed by atoms with Crippen molar-refractivity contribution in [1.29, 1.82) is 0 Å². The number of nitrogens with one attached hydrogen (secondary N) is 4. The van der Waals surface area contributed by atoms with E-state index in [-0.39, 0.29) is 41.2 Å². The summed E-state index contributed by atoms with van der Waals surface area (Å²) in [7, 11) is 0. The van der Waals surface area contributed by atoms with E-state index in [9.17, 15) is 44.7 Å². The molecule has 9 nitrogen and oxygen atoms in total. The third kappa shape index (κ3) is 8.26. The Morgan fingerprint density at radius 2 is 1.64 bits per heavy atom. The van der Waals surface area contributed by atoms with E-state index in [1.165, 1.54) is 12.1 Å². The van der Waals surface area contributed by atoms with Gasteiger partial charge in [-0.3, -0.25) is 9.59 Å². The summed E-state index contributed by atoms with van der Waals surface area (Å²) in [5.74, 6) is -2.16. The van der Waals surface area contributed by atoms with Crippen LogP contribution in [0.4, 0.5) is 52.4 Å². The first-order valence-corrected chi connectivity index (χ1v) is 14.2. The average molecular weight is 671 g/mol. The molecule has 1 fully saturated rings. The molecule has 4 N–H and O–H groups in total. The van der Waals surface area contributed by atoms with E-state index in [4.69, 9.17) is 4.74 Å². The normalized spacial score (nSPS) is 14.1. The van der Waals surface area contributed by atoms with Crippen molar-refractivity contribution in [2.24, 2.45) is 5.92 Å². The molecule has 5 rings (SSSR count). The van der Waals surface area contributed by atoms with Crippen molar-refractivity contribution in [2.75, 3.05) is 17.2 Å². The zero-order chi connectivity index (χ0) is 33.9. The zero-order valence-corrected chi connectivity index (χ0v) is 24.2. The van der Waals surface area contributed by atoms with Crippen molar-refractivity contribution in [3.8, 4) is 5.88 Å². The summed E-state index contributed by atoms with van der Waals surface area (Å²) in [4.78, 5) is 36.2. The highest BCUT2D eigenvalue weighted by Crippen LogP contribution is 2.37. The topological polar surface area (TPSA) is 121 Å². The molecule has 0 radical (unpaired) electrons. The maximum Gasteiger partial charge on any atom is 0.418 e. The third-order valence-electron chi connectivity index (χ3n) is 7.33. The summed E-state index contributed by atoms with van der Waals surface area (Å²) in [5.41, 5.74) is -2.76.